The summed E-state index contributed by atoms with van der Waals surface area (Å²) in [5.74, 6) is 0.537. The molecule has 1 aliphatic heterocycles. The van der Waals surface area contributed by atoms with E-state index in [1.54, 1.807) is 18.4 Å². The number of nitrogens with zero attached hydrogens (tertiary/aromatic N) is 3. The van der Waals surface area contributed by atoms with E-state index in [9.17, 15) is 21.6 Å². The number of nitrogens with one attached hydrogen (secondary N) is 2. The lowest BCUT2D eigenvalue weighted by Crippen LogP contribution is -2.51. The highest BCUT2D eigenvalue weighted by atomic mass is 127. The van der Waals surface area contributed by atoms with Crippen LogP contribution in [0.25, 0.3) is 0 Å². The van der Waals surface area contributed by atoms with Crippen LogP contribution in [0.3, 0.4) is 0 Å². The predicted molar refractivity (Wildman–Crippen MR) is 110 cm³/mol. The fourth-order valence-corrected chi connectivity index (χ4v) is 4.35. The van der Waals surface area contributed by atoms with Gasteiger partial charge in [0, 0.05) is 50.2 Å². The molecule has 1 aliphatic rings. The molecule has 1 aromatic rings. The smallest absolute Gasteiger partial charge is 0.356 e. The molecule has 0 spiro atoms. The molecule has 0 aliphatic carbocycles. The summed E-state index contributed by atoms with van der Waals surface area (Å²) >= 11 is 1.62. The third-order valence-electron chi connectivity index (χ3n) is 3.95. The van der Waals surface area contributed by atoms with E-state index in [1.807, 2.05) is 13.1 Å². The standard InChI is InChI=1S/C14H22F3N5O2S2.HI/c1-10-9-20-12(25-10)3-6-19-13(18-2)21-11-4-7-22(8-5-11)26(23,24)14(15,16)17;/h9,11H,3-8H2,1-2H3,(H2,18,19,21);1H. The summed E-state index contributed by atoms with van der Waals surface area (Å²) in [4.78, 5) is 9.50. The lowest BCUT2D eigenvalue weighted by Gasteiger charge is -2.32. The molecule has 156 valence electrons. The zero-order valence-corrected chi connectivity index (χ0v) is 18.9. The number of thiazole rings is 1. The van der Waals surface area contributed by atoms with Crippen LogP contribution in [0.15, 0.2) is 11.2 Å². The second-order valence-electron chi connectivity index (χ2n) is 5.88. The first-order chi connectivity index (χ1) is 12.1. The van der Waals surface area contributed by atoms with E-state index in [4.69, 9.17) is 0 Å². The second-order valence-corrected chi connectivity index (χ2v) is 9.13. The van der Waals surface area contributed by atoms with Crippen LogP contribution < -0.4 is 10.6 Å². The molecule has 0 amide bonds. The van der Waals surface area contributed by atoms with E-state index in [-0.39, 0.29) is 55.9 Å². The van der Waals surface area contributed by atoms with Crippen molar-refractivity contribution >= 4 is 51.3 Å². The van der Waals surface area contributed by atoms with Crippen LogP contribution in [0.4, 0.5) is 13.2 Å². The topological polar surface area (TPSA) is 86.7 Å². The number of rotatable bonds is 5. The number of aryl methyl sites for hydroxylation is 1. The molecule has 0 aromatic carbocycles. The quantitative estimate of drug-likeness (QED) is 0.339. The van der Waals surface area contributed by atoms with Gasteiger partial charge in [0.25, 0.3) is 0 Å². The Morgan fingerprint density at radius 2 is 2.04 bits per heavy atom. The normalized spacial score (nSPS) is 17.4. The fraction of sp³-hybridized carbons (Fsp3) is 0.714. The minimum Gasteiger partial charge on any atom is -0.356 e. The molecule has 27 heavy (non-hydrogen) atoms. The number of aromatic nitrogens is 1. The maximum absolute atomic E-state index is 12.6. The molecule has 0 saturated carbocycles. The van der Waals surface area contributed by atoms with Crippen molar-refractivity contribution in [1.29, 1.82) is 0 Å². The molecule has 1 saturated heterocycles. The van der Waals surface area contributed by atoms with Crippen LogP contribution >= 0.6 is 35.3 Å². The first-order valence-corrected chi connectivity index (χ1v) is 10.3. The molecular formula is C14H23F3IN5O2S2. The maximum atomic E-state index is 12.6. The number of guanidine groups is 1. The lowest BCUT2D eigenvalue weighted by atomic mass is 10.1. The minimum absolute atomic E-state index is 0. The van der Waals surface area contributed by atoms with E-state index in [0.29, 0.717) is 16.8 Å². The predicted octanol–water partition coefficient (Wildman–Crippen LogP) is 2.09. The van der Waals surface area contributed by atoms with E-state index >= 15 is 0 Å². The zero-order chi connectivity index (χ0) is 19.4. The summed E-state index contributed by atoms with van der Waals surface area (Å²) in [5.41, 5.74) is -5.25. The van der Waals surface area contributed by atoms with E-state index in [0.717, 1.165) is 16.3 Å². The second kappa shape index (κ2) is 10.2. The van der Waals surface area contributed by atoms with Gasteiger partial charge in [0.2, 0.25) is 0 Å². The number of alkyl halides is 3. The molecule has 2 N–H and O–H groups in total. The van der Waals surface area contributed by atoms with E-state index < -0.39 is 15.5 Å². The molecule has 0 bridgehead atoms. The number of halogens is 4. The molecule has 0 atom stereocenters. The average molecular weight is 541 g/mol. The lowest BCUT2D eigenvalue weighted by molar-refractivity contribution is -0.0494. The van der Waals surface area contributed by atoms with Gasteiger partial charge in [-0.2, -0.15) is 17.5 Å². The molecule has 0 radical (unpaired) electrons. The first-order valence-electron chi connectivity index (χ1n) is 8.08. The van der Waals surface area contributed by atoms with Gasteiger partial charge in [-0.05, 0) is 19.8 Å². The Morgan fingerprint density at radius 1 is 1.41 bits per heavy atom. The molecule has 2 heterocycles. The van der Waals surface area contributed by atoms with Gasteiger partial charge < -0.3 is 10.6 Å². The highest BCUT2D eigenvalue weighted by Crippen LogP contribution is 2.28. The number of piperidine rings is 1. The van der Waals surface area contributed by atoms with Crippen LogP contribution in [0, 0.1) is 6.92 Å². The van der Waals surface area contributed by atoms with Gasteiger partial charge in [0.1, 0.15) is 0 Å². The number of hydrogen-bond donors (Lipinski definition) is 2. The summed E-state index contributed by atoms with van der Waals surface area (Å²) in [6.07, 6.45) is 3.11. The fourth-order valence-electron chi connectivity index (χ4n) is 2.58. The van der Waals surface area contributed by atoms with Crippen molar-refractivity contribution in [2.45, 2.75) is 37.7 Å². The Bertz CT molecular complexity index is 731. The summed E-state index contributed by atoms with van der Waals surface area (Å²) < 4.78 is 61.1. The van der Waals surface area contributed by atoms with Gasteiger partial charge in [0.15, 0.2) is 5.96 Å². The molecule has 7 nitrogen and oxygen atoms in total. The Labute approximate surface area is 177 Å². The van der Waals surface area contributed by atoms with Crippen molar-refractivity contribution < 1.29 is 21.6 Å². The third kappa shape index (κ3) is 6.71. The molecule has 1 fully saturated rings. The van der Waals surface area contributed by atoms with Crippen LogP contribution in [0.1, 0.15) is 22.7 Å². The maximum Gasteiger partial charge on any atom is 0.511 e. The van der Waals surface area contributed by atoms with Crippen LogP contribution in [-0.2, 0) is 16.4 Å². The van der Waals surface area contributed by atoms with Crippen molar-refractivity contribution in [3.8, 4) is 0 Å². The van der Waals surface area contributed by atoms with Crippen LogP contribution in [0.5, 0.6) is 0 Å². The molecular weight excluding hydrogens is 518 g/mol. The van der Waals surface area contributed by atoms with Crippen molar-refractivity contribution in [3.63, 3.8) is 0 Å². The molecule has 13 heteroatoms. The highest BCUT2D eigenvalue weighted by Gasteiger charge is 2.50. The van der Waals surface area contributed by atoms with E-state index in [1.165, 1.54) is 0 Å². The first kappa shape index (κ1) is 24.4. The van der Waals surface area contributed by atoms with Crippen LogP contribution in [-0.4, -0.2) is 61.9 Å². The van der Waals surface area contributed by atoms with Crippen LogP contribution in [0.2, 0.25) is 0 Å². The number of hydrogen-bond acceptors (Lipinski definition) is 5. The SMILES string of the molecule is CN=C(NCCc1ncc(C)s1)NC1CCN(S(=O)(=O)C(F)(F)F)CC1.I. The summed E-state index contributed by atoms with van der Waals surface area (Å²) in [6.45, 7) is 2.26. The summed E-state index contributed by atoms with van der Waals surface area (Å²) in [7, 11) is -3.64. The third-order valence-corrected chi connectivity index (χ3v) is 6.55. The van der Waals surface area contributed by atoms with Crippen molar-refractivity contribution in [3.05, 3.63) is 16.1 Å². The number of sulfonamides is 1. The summed E-state index contributed by atoms with van der Waals surface area (Å²) in [5, 5.41) is 7.27. The van der Waals surface area contributed by atoms with E-state index in [2.05, 4.69) is 20.6 Å². The largest absolute Gasteiger partial charge is 0.511 e. The minimum atomic E-state index is -5.25. The van der Waals surface area contributed by atoms with Gasteiger partial charge >= 0.3 is 15.5 Å². The summed E-state index contributed by atoms with van der Waals surface area (Å²) in [6, 6.07) is -0.136. The van der Waals surface area contributed by atoms with Crippen molar-refractivity contribution in [2.75, 3.05) is 26.7 Å². The molecule has 2 rings (SSSR count). The van der Waals surface area contributed by atoms with Crippen molar-refractivity contribution in [1.82, 2.24) is 19.9 Å². The Kier molecular flexibility index (Phi) is 9.21. The molecule has 1 aromatic heterocycles. The average Bonchev–Trinajstić information content (AvgIpc) is 2.98. The number of aliphatic imine (C=N–C) groups is 1. The monoisotopic (exact) mass is 541 g/mol. The Morgan fingerprint density at radius 3 is 2.52 bits per heavy atom. The van der Waals surface area contributed by atoms with Crippen molar-refractivity contribution in [2.24, 2.45) is 4.99 Å². The Hall–Kier alpha value is -0.670. The van der Waals surface area contributed by atoms with Gasteiger partial charge in [-0.1, -0.05) is 0 Å². The molecule has 0 unspecified atom stereocenters. The highest BCUT2D eigenvalue weighted by molar-refractivity contribution is 14.0. The van der Waals surface area contributed by atoms with Gasteiger partial charge in [-0.25, -0.2) is 13.4 Å². The Balaban J connectivity index is 0.00000364. The zero-order valence-electron chi connectivity index (χ0n) is 14.9. The van der Waals surface area contributed by atoms with Gasteiger partial charge in [-0.15, -0.1) is 35.3 Å². The van der Waals surface area contributed by atoms with Gasteiger partial charge in [-0.3, -0.25) is 4.99 Å². The van der Waals surface area contributed by atoms with Gasteiger partial charge in [0.05, 0.1) is 5.01 Å².